The fourth-order valence-corrected chi connectivity index (χ4v) is 4.18. The molecule has 0 aromatic carbocycles. The first-order chi connectivity index (χ1) is 11.4. The van der Waals surface area contributed by atoms with Gasteiger partial charge in [0.05, 0.1) is 11.2 Å². The molecule has 1 saturated carbocycles. The van der Waals surface area contributed by atoms with Gasteiger partial charge in [0, 0.05) is 34.3 Å². The van der Waals surface area contributed by atoms with E-state index in [1.54, 1.807) is 0 Å². The largest absolute Gasteiger partial charge is 0.345 e. The summed E-state index contributed by atoms with van der Waals surface area (Å²) < 4.78 is 0. The summed E-state index contributed by atoms with van der Waals surface area (Å²) in [6.07, 6.45) is 1.81. The standard InChI is InChI=1S/C19H24N4O/c1-10-7-13-11(2)21-6-5-12(13)17(22-10)19(3,4)23-18(24)16-14-8-20-9-15(14)16/h5-7,14-16,20H,8-9H2,1-4H3,(H,23,24). The van der Waals surface area contributed by atoms with Gasteiger partial charge in [-0.1, -0.05) is 0 Å². The molecule has 2 aromatic rings. The molecule has 2 atom stereocenters. The molecule has 2 aromatic heterocycles. The summed E-state index contributed by atoms with van der Waals surface area (Å²) >= 11 is 0. The molecule has 3 heterocycles. The highest BCUT2D eigenvalue weighted by Gasteiger charge is 2.57. The van der Waals surface area contributed by atoms with E-state index in [-0.39, 0.29) is 11.8 Å². The number of aryl methyl sites for hydroxylation is 2. The molecule has 4 rings (SSSR count). The molecule has 2 aliphatic rings. The molecular weight excluding hydrogens is 300 g/mol. The van der Waals surface area contributed by atoms with Gasteiger partial charge in [0.25, 0.3) is 0 Å². The van der Waals surface area contributed by atoms with E-state index in [9.17, 15) is 4.79 Å². The van der Waals surface area contributed by atoms with Crippen LogP contribution in [0.25, 0.3) is 10.8 Å². The second-order valence-corrected chi connectivity index (χ2v) is 7.73. The SMILES string of the molecule is Cc1cc2c(C)nccc2c(C(C)(C)NC(=O)C2C3CNCC32)n1. The van der Waals surface area contributed by atoms with Crippen molar-refractivity contribution < 1.29 is 4.79 Å². The van der Waals surface area contributed by atoms with Gasteiger partial charge in [-0.15, -0.1) is 0 Å². The minimum absolute atomic E-state index is 0.165. The van der Waals surface area contributed by atoms with Crippen molar-refractivity contribution in [2.45, 2.75) is 33.2 Å². The number of pyridine rings is 2. The van der Waals surface area contributed by atoms with Crippen molar-refractivity contribution in [2.75, 3.05) is 13.1 Å². The summed E-state index contributed by atoms with van der Waals surface area (Å²) in [6, 6.07) is 4.06. The van der Waals surface area contributed by atoms with Crippen LogP contribution in [0.2, 0.25) is 0 Å². The van der Waals surface area contributed by atoms with Gasteiger partial charge < -0.3 is 10.6 Å². The Kier molecular flexibility index (Phi) is 3.39. The number of fused-ring (bicyclic) bond motifs is 2. The Morgan fingerprint density at radius 3 is 2.67 bits per heavy atom. The highest BCUT2D eigenvalue weighted by atomic mass is 16.2. The van der Waals surface area contributed by atoms with Gasteiger partial charge in [0.2, 0.25) is 5.91 Å². The minimum Gasteiger partial charge on any atom is -0.345 e. The third kappa shape index (κ3) is 2.38. The van der Waals surface area contributed by atoms with E-state index in [4.69, 9.17) is 4.98 Å². The van der Waals surface area contributed by atoms with Gasteiger partial charge in [-0.3, -0.25) is 14.8 Å². The zero-order chi connectivity index (χ0) is 17.1. The lowest BCUT2D eigenvalue weighted by Gasteiger charge is -2.28. The predicted octanol–water partition coefficient (Wildman–Crippen LogP) is 2.06. The number of piperidine rings is 1. The topological polar surface area (TPSA) is 66.9 Å². The zero-order valence-electron chi connectivity index (χ0n) is 14.7. The molecule has 1 aliphatic carbocycles. The average molecular weight is 324 g/mol. The molecule has 126 valence electrons. The molecule has 0 bridgehead atoms. The molecule has 1 saturated heterocycles. The lowest BCUT2D eigenvalue weighted by Crippen LogP contribution is -2.43. The molecule has 2 N–H and O–H groups in total. The normalized spacial score (nSPS) is 25.6. The van der Waals surface area contributed by atoms with Crippen LogP contribution in [0, 0.1) is 31.6 Å². The number of nitrogens with zero attached hydrogens (tertiary/aromatic N) is 2. The number of amides is 1. The second-order valence-electron chi connectivity index (χ2n) is 7.73. The number of hydrogen-bond donors (Lipinski definition) is 2. The minimum atomic E-state index is -0.514. The molecule has 5 heteroatoms. The first-order valence-corrected chi connectivity index (χ1v) is 8.64. The number of hydrogen-bond acceptors (Lipinski definition) is 4. The summed E-state index contributed by atoms with van der Waals surface area (Å²) in [5.41, 5.74) is 2.34. The van der Waals surface area contributed by atoms with Crippen molar-refractivity contribution in [3.63, 3.8) is 0 Å². The third-order valence-electron chi connectivity index (χ3n) is 5.51. The number of nitrogens with one attached hydrogen (secondary N) is 2. The zero-order valence-corrected chi connectivity index (χ0v) is 14.7. The molecule has 0 spiro atoms. The molecule has 0 radical (unpaired) electrons. The number of carbonyl (C=O) groups excluding carboxylic acids is 1. The van der Waals surface area contributed by atoms with Gasteiger partial charge in [0.15, 0.2) is 0 Å². The second kappa shape index (κ2) is 5.24. The van der Waals surface area contributed by atoms with Crippen LogP contribution in [0.3, 0.4) is 0 Å². The summed E-state index contributed by atoms with van der Waals surface area (Å²) in [7, 11) is 0. The maximum absolute atomic E-state index is 12.7. The number of carbonyl (C=O) groups is 1. The van der Waals surface area contributed by atoms with Crippen LogP contribution < -0.4 is 10.6 Å². The van der Waals surface area contributed by atoms with Crippen LogP contribution in [-0.4, -0.2) is 29.0 Å². The Labute approximate surface area is 142 Å². The number of rotatable bonds is 3. The molecule has 1 aliphatic heterocycles. The van der Waals surface area contributed by atoms with E-state index < -0.39 is 5.54 Å². The quantitative estimate of drug-likeness (QED) is 0.907. The van der Waals surface area contributed by atoms with E-state index in [1.165, 1.54) is 0 Å². The van der Waals surface area contributed by atoms with Gasteiger partial charge in [0.1, 0.15) is 0 Å². The molecule has 1 amide bonds. The maximum Gasteiger partial charge on any atom is 0.224 e. The van der Waals surface area contributed by atoms with Crippen molar-refractivity contribution in [3.05, 3.63) is 35.4 Å². The average Bonchev–Trinajstić information content (AvgIpc) is 3.01. The van der Waals surface area contributed by atoms with Crippen LogP contribution in [0.1, 0.15) is 30.9 Å². The van der Waals surface area contributed by atoms with E-state index in [0.29, 0.717) is 11.8 Å². The van der Waals surface area contributed by atoms with Crippen molar-refractivity contribution in [1.29, 1.82) is 0 Å². The van der Waals surface area contributed by atoms with Crippen molar-refractivity contribution in [3.8, 4) is 0 Å². The molecule has 5 nitrogen and oxygen atoms in total. The lowest BCUT2D eigenvalue weighted by molar-refractivity contribution is -0.124. The van der Waals surface area contributed by atoms with E-state index in [1.807, 2.05) is 40.0 Å². The van der Waals surface area contributed by atoms with Crippen LogP contribution in [0.4, 0.5) is 0 Å². The first kappa shape index (κ1) is 15.5. The Morgan fingerprint density at radius 2 is 1.96 bits per heavy atom. The summed E-state index contributed by atoms with van der Waals surface area (Å²) in [6.45, 7) is 10.0. The fraction of sp³-hybridized carbons (Fsp3) is 0.526. The molecular formula is C19H24N4O. The van der Waals surface area contributed by atoms with Gasteiger partial charge in [-0.25, -0.2) is 0 Å². The lowest BCUT2D eigenvalue weighted by atomic mass is 9.93. The van der Waals surface area contributed by atoms with Gasteiger partial charge >= 0.3 is 0 Å². The summed E-state index contributed by atoms with van der Waals surface area (Å²) in [4.78, 5) is 21.9. The summed E-state index contributed by atoms with van der Waals surface area (Å²) in [5, 5.41) is 8.76. The van der Waals surface area contributed by atoms with Crippen LogP contribution >= 0.6 is 0 Å². The molecule has 2 fully saturated rings. The Morgan fingerprint density at radius 1 is 1.25 bits per heavy atom. The van der Waals surface area contributed by atoms with Crippen LogP contribution in [0.15, 0.2) is 18.3 Å². The Balaban J connectivity index is 1.68. The Bertz CT molecular complexity index is 819. The van der Waals surface area contributed by atoms with Crippen LogP contribution in [0.5, 0.6) is 0 Å². The molecule has 24 heavy (non-hydrogen) atoms. The van der Waals surface area contributed by atoms with Gasteiger partial charge in [-0.05, 0) is 64.8 Å². The highest BCUT2D eigenvalue weighted by Crippen LogP contribution is 2.49. The Hall–Kier alpha value is -2.01. The predicted molar refractivity (Wildman–Crippen MR) is 93.5 cm³/mol. The summed E-state index contributed by atoms with van der Waals surface area (Å²) in [5.74, 6) is 1.38. The maximum atomic E-state index is 12.7. The van der Waals surface area contributed by atoms with E-state index >= 15 is 0 Å². The van der Waals surface area contributed by atoms with E-state index in [2.05, 4.69) is 21.7 Å². The van der Waals surface area contributed by atoms with Crippen LogP contribution in [-0.2, 0) is 10.3 Å². The van der Waals surface area contributed by atoms with Crippen molar-refractivity contribution in [1.82, 2.24) is 20.6 Å². The monoisotopic (exact) mass is 324 g/mol. The smallest absolute Gasteiger partial charge is 0.224 e. The van der Waals surface area contributed by atoms with Crippen molar-refractivity contribution in [2.24, 2.45) is 17.8 Å². The number of aromatic nitrogens is 2. The molecule has 2 unspecified atom stereocenters. The van der Waals surface area contributed by atoms with Gasteiger partial charge in [-0.2, -0.15) is 0 Å². The third-order valence-corrected chi connectivity index (χ3v) is 5.51. The fourth-order valence-electron chi connectivity index (χ4n) is 4.18. The first-order valence-electron chi connectivity index (χ1n) is 8.64. The van der Waals surface area contributed by atoms with E-state index in [0.717, 1.165) is 40.9 Å². The van der Waals surface area contributed by atoms with Crippen molar-refractivity contribution >= 4 is 16.7 Å². The highest BCUT2D eigenvalue weighted by molar-refractivity contribution is 5.89.